The van der Waals surface area contributed by atoms with Crippen LogP contribution in [0.4, 0.5) is 5.95 Å². The Balaban J connectivity index is 1.83. The number of hydrogen-bond donors (Lipinski definition) is 1. The summed E-state index contributed by atoms with van der Waals surface area (Å²) in [5.74, 6) is 1.97. The van der Waals surface area contributed by atoms with Gasteiger partial charge in [0, 0.05) is 18.3 Å². The monoisotopic (exact) mass is 247 g/mol. The molecule has 1 heterocycles. The van der Waals surface area contributed by atoms with Gasteiger partial charge in [0.25, 0.3) is 0 Å². The summed E-state index contributed by atoms with van der Waals surface area (Å²) in [5, 5.41) is 3.60. The van der Waals surface area contributed by atoms with Gasteiger partial charge in [-0.05, 0) is 38.5 Å². The molecule has 2 saturated carbocycles. The fourth-order valence-electron chi connectivity index (χ4n) is 3.32. The molecular weight excluding hydrogens is 222 g/mol. The highest BCUT2D eigenvalue weighted by atomic mass is 15.2. The standard InChI is InChI=1S/C15H25N3/c1-3-12-6-4-5-7-14(12)18-10-11(2)16-15(18)17-13-8-9-13/h10,12-14H,3-9H2,1-2H3,(H,16,17). The minimum absolute atomic E-state index is 0.672. The SMILES string of the molecule is CCC1CCCCC1n1cc(C)nc1NC1CC1. The first-order chi connectivity index (χ1) is 8.78. The first kappa shape index (κ1) is 12.1. The fourth-order valence-corrected chi connectivity index (χ4v) is 3.32. The van der Waals surface area contributed by atoms with Crippen molar-refractivity contribution < 1.29 is 0 Å². The molecule has 1 aromatic heterocycles. The normalized spacial score (nSPS) is 28.3. The van der Waals surface area contributed by atoms with Crippen molar-refractivity contribution in [3.63, 3.8) is 0 Å². The Kier molecular flexibility index (Phi) is 3.31. The third kappa shape index (κ3) is 2.40. The van der Waals surface area contributed by atoms with E-state index in [0.29, 0.717) is 12.1 Å². The second-order valence-electron chi connectivity index (χ2n) is 6.05. The lowest BCUT2D eigenvalue weighted by atomic mass is 9.83. The van der Waals surface area contributed by atoms with E-state index >= 15 is 0 Å². The summed E-state index contributed by atoms with van der Waals surface area (Å²) in [4.78, 5) is 4.69. The molecule has 2 aliphatic carbocycles. The number of imidazole rings is 1. The second-order valence-corrected chi connectivity index (χ2v) is 6.05. The fraction of sp³-hybridized carbons (Fsp3) is 0.800. The first-order valence-corrected chi connectivity index (χ1v) is 7.60. The van der Waals surface area contributed by atoms with Crippen LogP contribution in [0.25, 0.3) is 0 Å². The van der Waals surface area contributed by atoms with Crippen LogP contribution in [0.15, 0.2) is 6.20 Å². The van der Waals surface area contributed by atoms with Gasteiger partial charge in [-0.1, -0.05) is 26.2 Å². The summed E-state index contributed by atoms with van der Waals surface area (Å²) in [6, 6.07) is 1.36. The maximum atomic E-state index is 4.69. The Bertz CT molecular complexity index is 406. The van der Waals surface area contributed by atoms with Gasteiger partial charge in [-0.25, -0.2) is 4.98 Å². The van der Waals surface area contributed by atoms with E-state index in [-0.39, 0.29) is 0 Å². The van der Waals surface area contributed by atoms with Crippen molar-refractivity contribution in [2.45, 2.75) is 70.9 Å². The molecular formula is C15H25N3. The Morgan fingerprint density at radius 3 is 2.78 bits per heavy atom. The van der Waals surface area contributed by atoms with Crippen LogP contribution >= 0.6 is 0 Å². The number of aromatic nitrogens is 2. The summed E-state index contributed by atoms with van der Waals surface area (Å²) in [6.07, 6.45) is 11.7. The number of nitrogens with one attached hydrogen (secondary N) is 1. The lowest BCUT2D eigenvalue weighted by Gasteiger charge is -2.32. The first-order valence-electron chi connectivity index (χ1n) is 7.60. The van der Waals surface area contributed by atoms with Crippen molar-refractivity contribution in [1.29, 1.82) is 0 Å². The smallest absolute Gasteiger partial charge is 0.203 e. The van der Waals surface area contributed by atoms with Crippen molar-refractivity contribution in [2.75, 3.05) is 5.32 Å². The second kappa shape index (κ2) is 4.94. The molecule has 3 heteroatoms. The number of rotatable bonds is 4. The van der Waals surface area contributed by atoms with E-state index in [1.54, 1.807) is 0 Å². The molecule has 3 rings (SSSR count). The molecule has 100 valence electrons. The lowest BCUT2D eigenvalue weighted by molar-refractivity contribution is 0.234. The summed E-state index contributed by atoms with van der Waals surface area (Å²) >= 11 is 0. The van der Waals surface area contributed by atoms with E-state index in [2.05, 4.69) is 34.9 Å². The third-order valence-electron chi connectivity index (χ3n) is 4.51. The van der Waals surface area contributed by atoms with E-state index < -0.39 is 0 Å². The topological polar surface area (TPSA) is 29.9 Å². The van der Waals surface area contributed by atoms with Crippen LogP contribution in [0.1, 0.15) is 63.6 Å². The zero-order chi connectivity index (χ0) is 12.5. The molecule has 0 aromatic carbocycles. The van der Waals surface area contributed by atoms with Gasteiger partial charge in [0.05, 0.1) is 5.69 Å². The van der Waals surface area contributed by atoms with E-state index in [1.165, 1.54) is 44.9 Å². The molecule has 1 aromatic rings. The molecule has 0 amide bonds. The number of nitrogens with zero attached hydrogens (tertiary/aromatic N) is 2. The number of aryl methyl sites for hydroxylation is 1. The van der Waals surface area contributed by atoms with Gasteiger partial charge >= 0.3 is 0 Å². The van der Waals surface area contributed by atoms with Gasteiger partial charge in [0.1, 0.15) is 0 Å². The zero-order valence-electron chi connectivity index (χ0n) is 11.7. The highest BCUT2D eigenvalue weighted by Crippen LogP contribution is 2.38. The molecule has 0 saturated heterocycles. The van der Waals surface area contributed by atoms with Gasteiger partial charge in [-0.3, -0.25) is 0 Å². The Morgan fingerprint density at radius 1 is 1.28 bits per heavy atom. The maximum Gasteiger partial charge on any atom is 0.203 e. The van der Waals surface area contributed by atoms with Gasteiger partial charge in [0.2, 0.25) is 5.95 Å². The largest absolute Gasteiger partial charge is 0.353 e. The molecule has 0 bridgehead atoms. The minimum Gasteiger partial charge on any atom is -0.353 e. The van der Waals surface area contributed by atoms with E-state index in [0.717, 1.165) is 17.6 Å². The molecule has 2 unspecified atom stereocenters. The lowest BCUT2D eigenvalue weighted by Crippen LogP contribution is -2.24. The average Bonchev–Trinajstić information content (AvgIpc) is 3.12. The Morgan fingerprint density at radius 2 is 2.06 bits per heavy atom. The number of anilines is 1. The summed E-state index contributed by atoms with van der Waals surface area (Å²) in [5.41, 5.74) is 1.15. The van der Waals surface area contributed by atoms with E-state index in [9.17, 15) is 0 Å². The van der Waals surface area contributed by atoms with Crippen LogP contribution < -0.4 is 5.32 Å². The van der Waals surface area contributed by atoms with Crippen molar-refractivity contribution in [1.82, 2.24) is 9.55 Å². The predicted octanol–water partition coefficient (Wildman–Crippen LogP) is 3.91. The van der Waals surface area contributed by atoms with Crippen LogP contribution in [0.2, 0.25) is 0 Å². The van der Waals surface area contributed by atoms with Gasteiger partial charge < -0.3 is 9.88 Å². The molecule has 0 radical (unpaired) electrons. The van der Waals surface area contributed by atoms with Crippen LogP contribution in [0.3, 0.4) is 0 Å². The van der Waals surface area contributed by atoms with Crippen molar-refractivity contribution in [3.05, 3.63) is 11.9 Å². The average molecular weight is 247 g/mol. The molecule has 3 nitrogen and oxygen atoms in total. The zero-order valence-corrected chi connectivity index (χ0v) is 11.7. The molecule has 18 heavy (non-hydrogen) atoms. The molecule has 2 atom stereocenters. The summed E-state index contributed by atoms with van der Waals surface area (Å²) in [7, 11) is 0. The van der Waals surface area contributed by atoms with Gasteiger partial charge in [0.15, 0.2) is 0 Å². The molecule has 0 spiro atoms. The van der Waals surface area contributed by atoms with Crippen LogP contribution in [-0.2, 0) is 0 Å². The van der Waals surface area contributed by atoms with Crippen LogP contribution in [0.5, 0.6) is 0 Å². The quantitative estimate of drug-likeness (QED) is 0.874. The highest BCUT2D eigenvalue weighted by molar-refractivity contribution is 5.33. The third-order valence-corrected chi connectivity index (χ3v) is 4.51. The molecule has 2 aliphatic rings. The van der Waals surface area contributed by atoms with Crippen LogP contribution in [0, 0.1) is 12.8 Å². The van der Waals surface area contributed by atoms with Gasteiger partial charge in [-0.15, -0.1) is 0 Å². The highest BCUT2D eigenvalue weighted by Gasteiger charge is 2.29. The van der Waals surface area contributed by atoms with Crippen molar-refractivity contribution in [2.24, 2.45) is 5.92 Å². The Labute approximate surface area is 110 Å². The summed E-state index contributed by atoms with van der Waals surface area (Å²) < 4.78 is 2.45. The molecule has 0 aliphatic heterocycles. The van der Waals surface area contributed by atoms with Crippen molar-refractivity contribution >= 4 is 5.95 Å². The predicted molar refractivity (Wildman–Crippen MR) is 74.9 cm³/mol. The molecule has 2 fully saturated rings. The molecule has 1 N–H and O–H groups in total. The maximum absolute atomic E-state index is 4.69. The Hall–Kier alpha value is -0.990. The summed E-state index contributed by atoms with van der Waals surface area (Å²) in [6.45, 7) is 4.44. The minimum atomic E-state index is 0.672. The van der Waals surface area contributed by atoms with Crippen LogP contribution in [-0.4, -0.2) is 15.6 Å². The van der Waals surface area contributed by atoms with Crippen molar-refractivity contribution in [3.8, 4) is 0 Å². The van der Waals surface area contributed by atoms with E-state index in [1.807, 2.05) is 0 Å². The number of hydrogen-bond acceptors (Lipinski definition) is 2. The van der Waals surface area contributed by atoms with Gasteiger partial charge in [-0.2, -0.15) is 0 Å². The van der Waals surface area contributed by atoms with E-state index in [4.69, 9.17) is 0 Å².